The van der Waals surface area contributed by atoms with Crippen molar-refractivity contribution >= 4 is 5.91 Å². The zero-order valence-corrected chi connectivity index (χ0v) is 9.61. The van der Waals surface area contributed by atoms with E-state index in [0.717, 1.165) is 32.4 Å². The number of likely N-dealkylation sites (tertiary alicyclic amines) is 1. The lowest BCUT2D eigenvalue weighted by atomic mass is 10.2. The third-order valence-corrected chi connectivity index (χ3v) is 2.81. The molecule has 1 aliphatic rings. The van der Waals surface area contributed by atoms with Gasteiger partial charge in [-0.05, 0) is 26.2 Å². The second-order valence-electron chi connectivity index (χ2n) is 4.18. The number of carbonyl (C=O) groups excluding carboxylic acids is 1. The molecule has 1 saturated heterocycles. The molecule has 16 heavy (non-hydrogen) atoms. The van der Waals surface area contributed by atoms with Gasteiger partial charge in [-0.2, -0.15) is 4.98 Å². The van der Waals surface area contributed by atoms with Gasteiger partial charge in [0.25, 0.3) is 0 Å². The quantitative estimate of drug-likeness (QED) is 0.772. The van der Waals surface area contributed by atoms with Gasteiger partial charge in [-0.25, -0.2) is 0 Å². The highest BCUT2D eigenvalue weighted by atomic mass is 16.5. The summed E-state index contributed by atoms with van der Waals surface area (Å²) in [4.78, 5) is 17.7. The van der Waals surface area contributed by atoms with Gasteiger partial charge in [0, 0.05) is 25.9 Å². The lowest BCUT2D eigenvalue weighted by Gasteiger charge is -2.14. The molecule has 2 rings (SSSR count). The zero-order chi connectivity index (χ0) is 11.4. The summed E-state index contributed by atoms with van der Waals surface area (Å²) in [5.41, 5.74) is 0. The molecule has 0 radical (unpaired) electrons. The van der Waals surface area contributed by atoms with Gasteiger partial charge in [0.2, 0.25) is 11.8 Å². The van der Waals surface area contributed by atoms with Gasteiger partial charge in [0.05, 0.1) is 0 Å². The molecular weight excluding hydrogens is 206 g/mol. The molecule has 5 nitrogen and oxygen atoms in total. The minimum atomic E-state index is 0.258. The predicted octanol–water partition coefficient (Wildman–Crippen LogP) is 1.32. The number of carbonyl (C=O) groups is 1. The van der Waals surface area contributed by atoms with Crippen molar-refractivity contribution < 1.29 is 9.32 Å². The highest BCUT2D eigenvalue weighted by Crippen LogP contribution is 2.11. The van der Waals surface area contributed by atoms with Crippen LogP contribution in [0.4, 0.5) is 0 Å². The minimum absolute atomic E-state index is 0.258. The van der Waals surface area contributed by atoms with Gasteiger partial charge in [0.15, 0.2) is 5.82 Å². The number of hydrogen-bond acceptors (Lipinski definition) is 4. The highest BCUT2D eigenvalue weighted by molar-refractivity contribution is 5.76. The molecule has 0 N–H and O–H groups in total. The SMILES string of the molecule is Cc1noc(CCCC(=O)N2CCCC2)n1. The van der Waals surface area contributed by atoms with Crippen molar-refractivity contribution in [3.8, 4) is 0 Å². The molecular formula is C11H17N3O2. The standard InChI is InChI=1S/C11H17N3O2/c1-9-12-10(16-13-9)5-4-6-11(15)14-7-2-3-8-14/h2-8H2,1H3. The fraction of sp³-hybridized carbons (Fsp3) is 0.727. The Bertz CT molecular complexity index is 356. The maximum Gasteiger partial charge on any atom is 0.226 e. The zero-order valence-electron chi connectivity index (χ0n) is 9.61. The Morgan fingerprint density at radius 3 is 2.81 bits per heavy atom. The third kappa shape index (κ3) is 2.81. The average molecular weight is 223 g/mol. The van der Waals surface area contributed by atoms with Crippen LogP contribution in [-0.4, -0.2) is 34.0 Å². The number of aromatic nitrogens is 2. The van der Waals surface area contributed by atoms with Crippen LogP contribution in [0, 0.1) is 6.92 Å². The fourth-order valence-corrected chi connectivity index (χ4v) is 1.96. The smallest absolute Gasteiger partial charge is 0.226 e. The maximum atomic E-state index is 11.7. The summed E-state index contributed by atoms with van der Waals surface area (Å²) in [5, 5.41) is 3.71. The Morgan fingerprint density at radius 1 is 1.44 bits per heavy atom. The number of rotatable bonds is 4. The number of amides is 1. The maximum absolute atomic E-state index is 11.7. The Kier molecular flexibility index (Phi) is 3.54. The van der Waals surface area contributed by atoms with E-state index in [1.165, 1.54) is 0 Å². The summed E-state index contributed by atoms with van der Waals surface area (Å²) in [7, 11) is 0. The molecule has 1 amide bonds. The van der Waals surface area contributed by atoms with Gasteiger partial charge in [-0.1, -0.05) is 5.16 Å². The molecule has 0 atom stereocenters. The van der Waals surface area contributed by atoms with Crippen LogP contribution in [0.1, 0.15) is 37.4 Å². The molecule has 0 aromatic carbocycles. The van der Waals surface area contributed by atoms with E-state index in [9.17, 15) is 4.79 Å². The largest absolute Gasteiger partial charge is 0.343 e. The third-order valence-electron chi connectivity index (χ3n) is 2.81. The Hall–Kier alpha value is -1.39. The van der Waals surface area contributed by atoms with Crippen LogP contribution < -0.4 is 0 Å². The molecule has 2 heterocycles. The van der Waals surface area contributed by atoms with Crippen LogP contribution in [0.15, 0.2) is 4.52 Å². The van der Waals surface area contributed by atoms with E-state index in [1.807, 2.05) is 4.90 Å². The van der Waals surface area contributed by atoms with Crippen molar-refractivity contribution in [3.63, 3.8) is 0 Å². The highest BCUT2D eigenvalue weighted by Gasteiger charge is 2.17. The first-order chi connectivity index (χ1) is 7.75. The van der Waals surface area contributed by atoms with Gasteiger partial charge in [-0.3, -0.25) is 4.79 Å². The van der Waals surface area contributed by atoms with E-state index in [-0.39, 0.29) is 5.91 Å². The fourth-order valence-electron chi connectivity index (χ4n) is 1.96. The lowest BCUT2D eigenvalue weighted by molar-refractivity contribution is -0.130. The monoisotopic (exact) mass is 223 g/mol. The molecule has 88 valence electrons. The van der Waals surface area contributed by atoms with Crippen LogP contribution in [0.2, 0.25) is 0 Å². The molecule has 0 saturated carbocycles. The van der Waals surface area contributed by atoms with E-state index < -0.39 is 0 Å². The van der Waals surface area contributed by atoms with Gasteiger partial charge >= 0.3 is 0 Å². The first kappa shape index (κ1) is 11.1. The average Bonchev–Trinajstić information content (AvgIpc) is 2.89. The molecule has 1 aliphatic heterocycles. The molecule has 0 spiro atoms. The predicted molar refractivity (Wildman–Crippen MR) is 57.8 cm³/mol. The Balaban J connectivity index is 1.69. The van der Waals surface area contributed by atoms with Crippen LogP contribution >= 0.6 is 0 Å². The van der Waals surface area contributed by atoms with Crippen LogP contribution in [0.5, 0.6) is 0 Å². The van der Waals surface area contributed by atoms with Gasteiger partial charge < -0.3 is 9.42 Å². The van der Waals surface area contributed by atoms with Crippen molar-refractivity contribution in [1.29, 1.82) is 0 Å². The molecule has 0 aliphatic carbocycles. The second kappa shape index (κ2) is 5.09. The molecule has 1 fully saturated rings. The van der Waals surface area contributed by atoms with Crippen LogP contribution in [-0.2, 0) is 11.2 Å². The lowest BCUT2D eigenvalue weighted by Crippen LogP contribution is -2.27. The Morgan fingerprint density at radius 2 is 2.19 bits per heavy atom. The van der Waals surface area contributed by atoms with Gasteiger partial charge in [-0.15, -0.1) is 0 Å². The summed E-state index contributed by atoms with van der Waals surface area (Å²) >= 11 is 0. The molecule has 5 heteroatoms. The van der Waals surface area contributed by atoms with Crippen molar-refractivity contribution in [2.75, 3.05) is 13.1 Å². The summed E-state index contributed by atoms with van der Waals surface area (Å²) in [5.74, 6) is 1.54. The van der Waals surface area contributed by atoms with Crippen LogP contribution in [0.25, 0.3) is 0 Å². The van der Waals surface area contributed by atoms with Gasteiger partial charge in [0.1, 0.15) is 0 Å². The van der Waals surface area contributed by atoms with Crippen molar-refractivity contribution in [1.82, 2.24) is 15.0 Å². The first-order valence-electron chi connectivity index (χ1n) is 5.82. The molecule has 0 bridgehead atoms. The van der Waals surface area contributed by atoms with E-state index in [1.54, 1.807) is 6.92 Å². The Labute approximate surface area is 94.8 Å². The van der Waals surface area contributed by atoms with Crippen molar-refractivity contribution in [2.24, 2.45) is 0 Å². The van der Waals surface area contributed by atoms with Crippen LogP contribution in [0.3, 0.4) is 0 Å². The second-order valence-corrected chi connectivity index (χ2v) is 4.18. The number of aryl methyl sites for hydroxylation is 2. The molecule has 1 aromatic rings. The van der Waals surface area contributed by atoms with Crippen molar-refractivity contribution in [3.05, 3.63) is 11.7 Å². The summed E-state index contributed by atoms with van der Waals surface area (Å²) in [6, 6.07) is 0. The van der Waals surface area contributed by atoms with Crippen molar-refractivity contribution in [2.45, 2.75) is 39.0 Å². The van der Waals surface area contributed by atoms with E-state index >= 15 is 0 Å². The molecule has 1 aromatic heterocycles. The first-order valence-corrected chi connectivity index (χ1v) is 5.82. The molecule has 0 unspecified atom stereocenters. The minimum Gasteiger partial charge on any atom is -0.343 e. The topological polar surface area (TPSA) is 59.2 Å². The van der Waals surface area contributed by atoms with E-state index in [2.05, 4.69) is 10.1 Å². The van der Waals surface area contributed by atoms with E-state index in [4.69, 9.17) is 4.52 Å². The summed E-state index contributed by atoms with van der Waals surface area (Å²) in [6.07, 6.45) is 4.36. The number of nitrogens with zero attached hydrogens (tertiary/aromatic N) is 3. The summed E-state index contributed by atoms with van der Waals surface area (Å²) in [6.45, 7) is 3.65. The summed E-state index contributed by atoms with van der Waals surface area (Å²) < 4.78 is 4.99. The van der Waals surface area contributed by atoms with E-state index in [0.29, 0.717) is 24.6 Å². The number of hydrogen-bond donors (Lipinski definition) is 0. The normalized spacial score (nSPS) is 15.7.